The van der Waals surface area contributed by atoms with Crippen molar-refractivity contribution in [3.8, 4) is 5.88 Å². The van der Waals surface area contributed by atoms with Gasteiger partial charge in [-0.15, -0.1) is 0 Å². The van der Waals surface area contributed by atoms with Crippen molar-refractivity contribution in [1.29, 1.82) is 0 Å². The minimum atomic E-state index is -0.860. The molecule has 1 rings (SSSR count). The predicted molar refractivity (Wildman–Crippen MR) is 56.0 cm³/mol. The topological polar surface area (TPSA) is 59.4 Å². The summed E-state index contributed by atoms with van der Waals surface area (Å²) >= 11 is 0. The highest BCUT2D eigenvalue weighted by molar-refractivity contribution is 5.69. The van der Waals surface area contributed by atoms with E-state index in [1.807, 2.05) is 20.8 Å². The molecule has 0 amide bonds. The molecule has 0 saturated heterocycles. The van der Waals surface area contributed by atoms with Crippen LogP contribution in [0, 0.1) is 0 Å². The predicted octanol–water partition coefficient (Wildman–Crippen LogP) is 1.89. The fraction of sp³-hybridized carbons (Fsp3) is 0.455. The molecular formula is C11H15NO3. The Balaban J connectivity index is 2.68. The largest absolute Gasteiger partial charge is 0.481 e. The molecule has 0 saturated carbocycles. The van der Waals surface area contributed by atoms with Gasteiger partial charge in [-0.05, 0) is 26.3 Å². The molecule has 4 nitrogen and oxygen atoms in total. The number of aromatic nitrogens is 1. The van der Waals surface area contributed by atoms with Crippen LogP contribution in [0.25, 0.3) is 0 Å². The molecule has 0 aromatic carbocycles. The molecule has 0 bridgehead atoms. The summed E-state index contributed by atoms with van der Waals surface area (Å²) in [6.45, 7) is 5.79. The second-order valence-corrected chi connectivity index (χ2v) is 4.29. The van der Waals surface area contributed by atoms with Crippen LogP contribution in [0.2, 0.25) is 0 Å². The first-order valence-corrected chi connectivity index (χ1v) is 4.72. The Morgan fingerprint density at radius 3 is 2.53 bits per heavy atom. The standard InChI is InChI=1S/C11H15NO3/c1-11(2,3)15-9-5-4-8(7-12-9)6-10(13)14/h4-5,7H,6H2,1-3H3,(H,13,14). The van der Waals surface area contributed by atoms with Crippen molar-refractivity contribution in [3.05, 3.63) is 23.9 Å². The maximum Gasteiger partial charge on any atom is 0.307 e. The van der Waals surface area contributed by atoms with Gasteiger partial charge in [-0.3, -0.25) is 4.79 Å². The quantitative estimate of drug-likeness (QED) is 0.825. The molecule has 0 atom stereocenters. The van der Waals surface area contributed by atoms with Crippen molar-refractivity contribution in [2.24, 2.45) is 0 Å². The number of carboxylic acids is 1. The molecule has 0 spiro atoms. The molecule has 15 heavy (non-hydrogen) atoms. The van der Waals surface area contributed by atoms with Gasteiger partial charge in [0.15, 0.2) is 0 Å². The smallest absolute Gasteiger partial charge is 0.307 e. The van der Waals surface area contributed by atoms with Gasteiger partial charge in [0, 0.05) is 12.3 Å². The van der Waals surface area contributed by atoms with E-state index >= 15 is 0 Å². The van der Waals surface area contributed by atoms with Gasteiger partial charge in [0.05, 0.1) is 6.42 Å². The Hall–Kier alpha value is -1.58. The van der Waals surface area contributed by atoms with Crippen molar-refractivity contribution in [2.45, 2.75) is 32.8 Å². The number of rotatable bonds is 3. The van der Waals surface area contributed by atoms with E-state index in [0.717, 1.165) is 0 Å². The number of ether oxygens (including phenoxy) is 1. The third-order valence-electron chi connectivity index (χ3n) is 1.56. The second-order valence-electron chi connectivity index (χ2n) is 4.29. The lowest BCUT2D eigenvalue weighted by Gasteiger charge is -2.20. The number of hydrogen-bond donors (Lipinski definition) is 1. The van der Waals surface area contributed by atoms with Gasteiger partial charge in [0.2, 0.25) is 5.88 Å². The maximum absolute atomic E-state index is 10.4. The van der Waals surface area contributed by atoms with Crippen LogP contribution in [0.3, 0.4) is 0 Å². The van der Waals surface area contributed by atoms with Crippen molar-refractivity contribution < 1.29 is 14.6 Å². The van der Waals surface area contributed by atoms with Crippen LogP contribution in [-0.2, 0) is 11.2 Å². The molecular weight excluding hydrogens is 194 g/mol. The van der Waals surface area contributed by atoms with E-state index in [2.05, 4.69) is 4.98 Å². The van der Waals surface area contributed by atoms with E-state index in [0.29, 0.717) is 11.4 Å². The van der Waals surface area contributed by atoms with Crippen molar-refractivity contribution in [2.75, 3.05) is 0 Å². The van der Waals surface area contributed by atoms with E-state index in [4.69, 9.17) is 9.84 Å². The lowest BCUT2D eigenvalue weighted by molar-refractivity contribution is -0.136. The molecule has 0 fully saturated rings. The third-order valence-corrected chi connectivity index (χ3v) is 1.56. The summed E-state index contributed by atoms with van der Waals surface area (Å²) in [5.41, 5.74) is 0.380. The van der Waals surface area contributed by atoms with Crippen LogP contribution in [0.15, 0.2) is 18.3 Å². The molecule has 82 valence electrons. The van der Waals surface area contributed by atoms with Crippen LogP contribution < -0.4 is 4.74 Å². The summed E-state index contributed by atoms with van der Waals surface area (Å²) in [4.78, 5) is 14.5. The molecule has 0 aliphatic rings. The fourth-order valence-electron chi connectivity index (χ4n) is 1.06. The summed E-state index contributed by atoms with van der Waals surface area (Å²) in [6.07, 6.45) is 1.51. The number of carbonyl (C=O) groups is 1. The third kappa shape index (κ3) is 4.44. The first-order chi connectivity index (χ1) is 6.87. The fourth-order valence-corrected chi connectivity index (χ4v) is 1.06. The molecule has 0 unspecified atom stereocenters. The Labute approximate surface area is 88.9 Å². The average Bonchev–Trinajstić information content (AvgIpc) is 2.05. The first kappa shape index (κ1) is 11.5. The highest BCUT2D eigenvalue weighted by atomic mass is 16.5. The minimum Gasteiger partial charge on any atom is -0.481 e. The summed E-state index contributed by atoms with van der Waals surface area (Å²) in [5.74, 6) is -0.349. The monoisotopic (exact) mass is 209 g/mol. The number of hydrogen-bond acceptors (Lipinski definition) is 3. The van der Waals surface area contributed by atoms with Gasteiger partial charge in [-0.25, -0.2) is 4.98 Å². The summed E-state index contributed by atoms with van der Waals surface area (Å²) < 4.78 is 5.50. The van der Waals surface area contributed by atoms with Crippen LogP contribution in [0.5, 0.6) is 5.88 Å². The lowest BCUT2D eigenvalue weighted by Crippen LogP contribution is -2.23. The number of carboxylic acid groups (broad SMARTS) is 1. The maximum atomic E-state index is 10.4. The molecule has 1 N–H and O–H groups in total. The zero-order valence-corrected chi connectivity index (χ0v) is 9.15. The van der Waals surface area contributed by atoms with E-state index in [1.165, 1.54) is 6.20 Å². The highest BCUT2D eigenvalue weighted by Gasteiger charge is 2.12. The van der Waals surface area contributed by atoms with Crippen molar-refractivity contribution >= 4 is 5.97 Å². The Bertz CT molecular complexity index is 338. The molecule has 0 aliphatic carbocycles. The first-order valence-electron chi connectivity index (χ1n) is 4.72. The Kier molecular flexibility index (Phi) is 3.29. The van der Waals surface area contributed by atoms with E-state index in [1.54, 1.807) is 12.1 Å². The normalized spacial score (nSPS) is 11.1. The molecule has 4 heteroatoms. The Morgan fingerprint density at radius 2 is 2.13 bits per heavy atom. The van der Waals surface area contributed by atoms with Gasteiger partial charge < -0.3 is 9.84 Å². The number of aliphatic carboxylic acids is 1. The van der Waals surface area contributed by atoms with Crippen molar-refractivity contribution in [3.63, 3.8) is 0 Å². The van der Waals surface area contributed by atoms with E-state index < -0.39 is 5.97 Å². The summed E-state index contributed by atoms with van der Waals surface area (Å²) in [5, 5.41) is 8.56. The molecule has 0 radical (unpaired) electrons. The van der Waals surface area contributed by atoms with Crippen LogP contribution in [-0.4, -0.2) is 21.7 Å². The minimum absolute atomic E-state index is 0.0111. The SMILES string of the molecule is CC(C)(C)Oc1ccc(CC(=O)O)cn1. The zero-order valence-electron chi connectivity index (χ0n) is 9.15. The highest BCUT2D eigenvalue weighted by Crippen LogP contribution is 2.15. The van der Waals surface area contributed by atoms with E-state index in [9.17, 15) is 4.79 Å². The van der Waals surface area contributed by atoms with Gasteiger partial charge in [-0.1, -0.05) is 6.07 Å². The summed E-state index contributed by atoms with van der Waals surface area (Å²) in [7, 11) is 0. The zero-order chi connectivity index (χ0) is 11.5. The molecule has 0 aliphatic heterocycles. The van der Waals surface area contributed by atoms with Crippen LogP contribution in [0.4, 0.5) is 0 Å². The number of nitrogens with zero attached hydrogens (tertiary/aromatic N) is 1. The summed E-state index contributed by atoms with van der Waals surface area (Å²) in [6, 6.07) is 3.39. The second kappa shape index (κ2) is 4.29. The average molecular weight is 209 g/mol. The van der Waals surface area contributed by atoms with Gasteiger partial charge in [0.25, 0.3) is 0 Å². The van der Waals surface area contributed by atoms with Crippen LogP contribution in [0.1, 0.15) is 26.3 Å². The Morgan fingerprint density at radius 1 is 1.47 bits per heavy atom. The van der Waals surface area contributed by atoms with Crippen molar-refractivity contribution in [1.82, 2.24) is 4.98 Å². The van der Waals surface area contributed by atoms with Gasteiger partial charge in [-0.2, -0.15) is 0 Å². The lowest BCUT2D eigenvalue weighted by atomic mass is 10.2. The van der Waals surface area contributed by atoms with E-state index in [-0.39, 0.29) is 12.0 Å². The van der Waals surface area contributed by atoms with Gasteiger partial charge in [0.1, 0.15) is 5.60 Å². The van der Waals surface area contributed by atoms with Crippen LogP contribution >= 0.6 is 0 Å². The molecule has 1 aromatic rings. The molecule has 1 aromatic heterocycles. The molecule has 1 heterocycles. The van der Waals surface area contributed by atoms with Gasteiger partial charge >= 0.3 is 5.97 Å². The number of pyridine rings is 1.